The highest BCUT2D eigenvalue weighted by Crippen LogP contribution is 2.23. The van der Waals surface area contributed by atoms with E-state index in [1.807, 2.05) is 44.2 Å². The van der Waals surface area contributed by atoms with Crippen LogP contribution in [0.5, 0.6) is 0 Å². The number of rotatable bonds is 8. The summed E-state index contributed by atoms with van der Waals surface area (Å²) in [5.74, 6) is 0.0379. The number of hydrogen-bond acceptors (Lipinski definition) is 7. The van der Waals surface area contributed by atoms with Crippen LogP contribution in [0.4, 0.5) is 5.69 Å². The average molecular weight is 498 g/mol. The number of nitrogens with one attached hydrogen (secondary N) is 1. The molecule has 4 rings (SSSR count). The predicted molar refractivity (Wildman–Crippen MR) is 133 cm³/mol. The van der Waals surface area contributed by atoms with Gasteiger partial charge in [0.25, 0.3) is 5.91 Å². The molecule has 1 aliphatic heterocycles. The molecule has 3 aromatic rings. The fraction of sp³-hybridized carbons (Fsp3) is 0.417. The second kappa shape index (κ2) is 10.6. The Labute approximate surface area is 206 Å². The molecule has 2 heterocycles. The van der Waals surface area contributed by atoms with Gasteiger partial charge in [0.05, 0.1) is 4.90 Å². The molecule has 1 saturated heterocycles. The van der Waals surface area contributed by atoms with Gasteiger partial charge in [-0.05, 0) is 41.9 Å². The molecule has 1 N–H and O–H groups in total. The van der Waals surface area contributed by atoms with Gasteiger partial charge in [0.1, 0.15) is 0 Å². The smallest absolute Gasteiger partial charge is 0.251 e. The van der Waals surface area contributed by atoms with Crippen molar-refractivity contribution in [2.75, 3.05) is 38.0 Å². The number of tetrazole rings is 1. The van der Waals surface area contributed by atoms with Gasteiger partial charge in [0, 0.05) is 37.4 Å². The molecule has 0 aliphatic carbocycles. The van der Waals surface area contributed by atoms with E-state index in [0.717, 1.165) is 25.2 Å². The Hall–Kier alpha value is -3.15. The summed E-state index contributed by atoms with van der Waals surface area (Å²) in [6.45, 7) is 9.19. The molecule has 11 heteroatoms. The van der Waals surface area contributed by atoms with Crippen LogP contribution >= 0.6 is 0 Å². The minimum Gasteiger partial charge on any atom is -0.324 e. The second-order valence-electron chi connectivity index (χ2n) is 8.84. The minimum atomic E-state index is -3.57. The van der Waals surface area contributed by atoms with Crippen LogP contribution in [0.15, 0.2) is 59.5 Å². The molecule has 1 atom stereocenters. The van der Waals surface area contributed by atoms with Gasteiger partial charge in [0.2, 0.25) is 15.8 Å². The summed E-state index contributed by atoms with van der Waals surface area (Å²) < 4.78 is 27.5. The zero-order valence-electron chi connectivity index (χ0n) is 20.2. The van der Waals surface area contributed by atoms with Crippen molar-refractivity contribution in [2.45, 2.75) is 31.7 Å². The molecule has 1 unspecified atom stereocenters. The number of anilines is 1. The Morgan fingerprint density at radius 1 is 1.00 bits per heavy atom. The number of benzene rings is 2. The van der Waals surface area contributed by atoms with Gasteiger partial charge >= 0.3 is 0 Å². The van der Waals surface area contributed by atoms with E-state index in [0.29, 0.717) is 24.6 Å². The first-order valence-corrected chi connectivity index (χ1v) is 13.2. The van der Waals surface area contributed by atoms with E-state index >= 15 is 0 Å². The van der Waals surface area contributed by atoms with Gasteiger partial charge in [-0.25, -0.2) is 8.42 Å². The fourth-order valence-corrected chi connectivity index (χ4v) is 5.50. The maximum Gasteiger partial charge on any atom is 0.251 e. The average Bonchev–Trinajstić information content (AvgIpc) is 3.34. The molecule has 10 nitrogen and oxygen atoms in total. The second-order valence-corrected chi connectivity index (χ2v) is 10.8. The van der Waals surface area contributed by atoms with Gasteiger partial charge in [-0.1, -0.05) is 51.1 Å². The van der Waals surface area contributed by atoms with Gasteiger partial charge in [-0.3, -0.25) is 4.79 Å². The third-order valence-corrected chi connectivity index (χ3v) is 8.06. The first-order valence-electron chi connectivity index (χ1n) is 11.8. The Bertz CT molecular complexity index is 1240. The van der Waals surface area contributed by atoms with Crippen LogP contribution in [0.25, 0.3) is 11.4 Å². The van der Waals surface area contributed by atoms with Crippen LogP contribution < -0.4 is 5.32 Å². The molecule has 0 radical (unpaired) electrons. The number of amides is 1. The first kappa shape index (κ1) is 25.0. The molecule has 0 bridgehead atoms. The lowest BCUT2D eigenvalue weighted by atomic mass is 10.0. The number of likely N-dealkylation sites (N-methyl/N-ethyl adjacent to an activating group) is 1. The molecule has 1 fully saturated rings. The van der Waals surface area contributed by atoms with Crippen LogP contribution in [0.1, 0.15) is 26.8 Å². The number of sulfonamides is 1. The zero-order valence-corrected chi connectivity index (χ0v) is 21.0. The molecule has 1 aromatic heterocycles. The van der Waals surface area contributed by atoms with Crippen LogP contribution in [0.3, 0.4) is 0 Å². The molecule has 1 amide bonds. The normalized spacial score (nSPS) is 16.3. The van der Waals surface area contributed by atoms with Gasteiger partial charge in [-0.15, -0.1) is 10.2 Å². The van der Waals surface area contributed by atoms with E-state index in [1.165, 1.54) is 21.2 Å². The predicted octanol–water partition coefficient (Wildman–Crippen LogP) is 2.50. The monoisotopic (exact) mass is 497 g/mol. The highest BCUT2D eigenvalue weighted by molar-refractivity contribution is 7.89. The van der Waals surface area contributed by atoms with Crippen LogP contribution in [0.2, 0.25) is 0 Å². The van der Waals surface area contributed by atoms with E-state index in [4.69, 9.17) is 0 Å². The van der Waals surface area contributed by atoms with Crippen molar-refractivity contribution in [3.05, 3.63) is 54.6 Å². The summed E-state index contributed by atoms with van der Waals surface area (Å²) >= 11 is 0. The van der Waals surface area contributed by atoms with Crippen molar-refractivity contribution in [2.24, 2.45) is 5.92 Å². The van der Waals surface area contributed by atoms with Crippen molar-refractivity contribution in [1.82, 2.24) is 29.4 Å². The van der Waals surface area contributed by atoms with Crippen LogP contribution in [-0.2, 0) is 14.8 Å². The van der Waals surface area contributed by atoms with E-state index < -0.39 is 16.1 Å². The van der Waals surface area contributed by atoms with Crippen molar-refractivity contribution in [3.8, 4) is 11.4 Å². The maximum atomic E-state index is 13.1. The van der Waals surface area contributed by atoms with Crippen LogP contribution in [0, 0.1) is 5.92 Å². The summed E-state index contributed by atoms with van der Waals surface area (Å²) in [4.78, 5) is 16.9. The third-order valence-electron chi connectivity index (χ3n) is 6.15. The lowest BCUT2D eigenvalue weighted by Gasteiger charge is -2.33. The van der Waals surface area contributed by atoms with E-state index in [1.54, 1.807) is 12.1 Å². The maximum absolute atomic E-state index is 13.1. The quantitative estimate of drug-likeness (QED) is 0.509. The van der Waals surface area contributed by atoms with Crippen molar-refractivity contribution >= 4 is 21.6 Å². The van der Waals surface area contributed by atoms with E-state index in [2.05, 4.69) is 32.6 Å². The van der Waals surface area contributed by atoms with Crippen molar-refractivity contribution in [3.63, 3.8) is 0 Å². The Balaban J connectivity index is 1.45. The lowest BCUT2D eigenvalue weighted by molar-refractivity contribution is -0.121. The molecule has 0 spiro atoms. The highest BCUT2D eigenvalue weighted by Gasteiger charge is 2.29. The number of carbonyl (C=O) groups excluding carboxylic acids is 1. The summed E-state index contributed by atoms with van der Waals surface area (Å²) in [6.07, 6.45) is 0. The summed E-state index contributed by atoms with van der Waals surface area (Å²) in [7, 11) is -3.57. The summed E-state index contributed by atoms with van der Waals surface area (Å²) in [5, 5.41) is 15.5. The molecule has 35 heavy (non-hydrogen) atoms. The molecule has 186 valence electrons. The molecule has 2 aromatic carbocycles. The largest absolute Gasteiger partial charge is 0.324 e. The molecular formula is C24H31N7O3S. The lowest BCUT2D eigenvalue weighted by Crippen LogP contribution is -2.48. The van der Waals surface area contributed by atoms with Gasteiger partial charge < -0.3 is 10.2 Å². The molecular weight excluding hydrogens is 466 g/mol. The van der Waals surface area contributed by atoms with E-state index in [-0.39, 0.29) is 16.7 Å². The van der Waals surface area contributed by atoms with Gasteiger partial charge in [0.15, 0.2) is 6.04 Å². The third kappa shape index (κ3) is 5.58. The topological polar surface area (TPSA) is 113 Å². The summed E-state index contributed by atoms with van der Waals surface area (Å²) in [6, 6.07) is 15.0. The molecule has 1 aliphatic rings. The fourth-order valence-electron chi connectivity index (χ4n) is 4.08. The number of hydrogen-bond donors (Lipinski definition) is 1. The van der Waals surface area contributed by atoms with Crippen molar-refractivity contribution < 1.29 is 13.2 Å². The number of aromatic nitrogens is 4. The number of nitrogens with zero attached hydrogens (tertiary/aromatic N) is 6. The standard InChI is InChI=1S/C24H31N7O3S/c1-4-29-14-16-30(17-15-29)35(33,34)21-12-10-20(11-13-21)25-24(32)22(18(2)3)31-27-23(26-28-31)19-8-6-5-7-9-19/h5-13,18,22H,4,14-17H2,1-3H3,(H,25,32). The number of piperazine rings is 1. The first-order chi connectivity index (χ1) is 16.8. The van der Waals surface area contributed by atoms with Gasteiger partial charge in [-0.2, -0.15) is 9.10 Å². The SMILES string of the molecule is CCN1CCN(S(=O)(=O)c2ccc(NC(=O)C(C(C)C)n3nnc(-c4ccccc4)n3)cc2)CC1. The Kier molecular flexibility index (Phi) is 7.58. The van der Waals surface area contributed by atoms with Crippen molar-refractivity contribution in [1.29, 1.82) is 0 Å². The molecule has 0 saturated carbocycles. The minimum absolute atomic E-state index is 0.103. The highest BCUT2D eigenvalue weighted by atomic mass is 32.2. The van der Waals surface area contributed by atoms with Crippen LogP contribution in [-0.4, -0.2) is 76.5 Å². The van der Waals surface area contributed by atoms with E-state index in [9.17, 15) is 13.2 Å². The Morgan fingerprint density at radius 2 is 1.66 bits per heavy atom. The Morgan fingerprint density at radius 3 is 2.26 bits per heavy atom. The summed E-state index contributed by atoms with van der Waals surface area (Å²) in [5.41, 5.74) is 1.31. The zero-order chi connectivity index (χ0) is 25.0. The number of carbonyl (C=O) groups is 1.